The molecule has 0 spiro atoms. The van der Waals surface area contributed by atoms with Crippen molar-refractivity contribution in [3.8, 4) is 0 Å². The van der Waals surface area contributed by atoms with Crippen LogP contribution in [0.1, 0.15) is 0 Å². The van der Waals surface area contributed by atoms with E-state index in [0.717, 1.165) is 17.0 Å². The van der Waals surface area contributed by atoms with Crippen molar-refractivity contribution in [2.75, 3.05) is 5.73 Å². The molecule has 0 aliphatic carbocycles. The molecule has 33 heavy (non-hydrogen) atoms. The van der Waals surface area contributed by atoms with Gasteiger partial charge in [0.1, 0.15) is 5.69 Å². The maximum atomic E-state index is 10.7. The third-order valence-electron chi connectivity index (χ3n) is 3.42. The summed E-state index contributed by atoms with van der Waals surface area (Å²) in [5.41, 5.74) is -0.509. The fourth-order valence-corrected chi connectivity index (χ4v) is 1.80. The number of nitrogen functional groups attached to an aromatic ring is 1. The lowest BCUT2D eigenvalue weighted by Crippen LogP contribution is -2.29. The number of hydrogen-bond acceptors (Lipinski definition) is 11. The van der Waals surface area contributed by atoms with Crippen molar-refractivity contribution in [3.05, 3.63) is 101 Å². The number of nitrogens with zero attached hydrogens (tertiary/aromatic N) is 4. The molecule has 0 saturated heterocycles. The Morgan fingerprint density at radius 1 is 0.758 bits per heavy atom. The zero-order valence-corrected chi connectivity index (χ0v) is 16.7. The fourth-order valence-electron chi connectivity index (χ4n) is 1.80. The number of aromatic nitrogens is 6. The zero-order chi connectivity index (χ0) is 25.5. The molecule has 0 radical (unpaired) electrons. The van der Waals surface area contributed by atoms with E-state index in [1.165, 1.54) is 24.9 Å². The minimum absolute atomic E-state index is 0.0436. The first-order valence-electron chi connectivity index (χ1n) is 8.20. The van der Waals surface area contributed by atoms with Gasteiger partial charge in [0.2, 0.25) is 0 Å². The summed E-state index contributed by atoms with van der Waals surface area (Å²) in [6, 6.07) is 0. The van der Waals surface area contributed by atoms with Gasteiger partial charge in [-0.25, -0.2) is 14.4 Å². The smallest absolute Gasteiger partial charge is 0.350 e. The highest BCUT2D eigenvalue weighted by atomic mass is 16.6. The van der Waals surface area contributed by atoms with E-state index in [1.54, 1.807) is 9.97 Å². The van der Waals surface area contributed by atoms with E-state index in [2.05, 4.69) is 0 Å². The molecule has 0 aliphatic heterocycles. The number of H-pyrrole nitrogens is 4. The Morgan fingerprint density at radius 2 is 1.21 bits per heavy atom. The fraction of sp³-hybridized carbons (Fsp3) is 0.143. The van der Waals surface area contributed by atoms with E-state index in [9.17, 15) is 49.0 Å². The minimum atomic E-state index is -1.00. The number of nitrogens with two attached hydrogens (primary N) is 1. The van der Waals surface area contributed by atoms with Crippen LogP contribution >= 0.6 is 0 Å². The Kier molecular flexibility index (Phi) is 8.25. The van der Waals surface area contributed by atoms with E-state index in [-0.39, 0.29) is 5.69 Å². The highest BCUT2D eigenvalue weighted by Crippen LogP contribution is 1.96. The lowest BCUT2D eigenvalue weighted by molar-refractivity contribution is -0.386. The van der Waals surface area contributed by atoms with Crippen molar-refractivity contribution in [1.29, 1.82) is 0 Å². The molecule has 0 atom stereocenters. The summed E-state index contributed by atoms with van der Waals surface area (Å²) >= 11 is 0. The lowest BCUT2D eigenvalue weighted by atomic mass is 10.5. The van der Waals surface area contributed by atoms with Crippen LogP contribution in [0.4, 0.5) is 17.1 Å². The molecule has 3 heterocycles. The molecule has 0 amide bonds. The van der Waals surface area contributed by atoms with Crippen LogP contribution in [-0.4, -0.2) is 38.9 Å². The normalized spacial score (nSPS) is 9.64. The topological polar surface area (TPSA) is 288 Å². The minimum Gasteiger partial charge on any atom is -0.393 e. The summed E-state index contributed by atoms with van der Waals surface area (Å²) in [6.45, 7) is 0. The number of anilines is 1. The molecule has 19 heteroatoms. The predicted octanol–water partition coefficient (Wildman–Crippen LogP) is -3.39. The Bertz CT molecular complexity index is 1500. The Balaban J connectivity index is 0.000000249. The summed E-state index contributed by atoms with van der Waals surface area (Å²) in [7, 11) is 2.82. The standard InChI is InChI=1S/C5H5N3O4.C5H7N3O2.C4H3N3O4/c1-7-2-3(8(11)12)4(9)6-5(7)10;1-8-2-3(6)4(9)7-5(8)10;8-3-2(7(10)11)1-5-4(9)6-3/h2H,1H3,(H,6,9,10);2H,6H2,1H3,(H,7,9,10);1H,(H2,5,6,8,9). The molecular weight excluding hydrogens is 454 g/mol. The van der Waals surface area contributed by atoms with Crippen LogP contribution in [0.25, 0.3) is 0 Å². The first-order valence-corrected chi connectivity index (χ1v) is 8.20. The predicted molar refractivity (Wildman–Crippen MR) is 110 cm³/mol. The summed E-state index contributed by atoms with van der Waals surface area (Å²) in [5.74, 6) is 0. The van der Waals surface area contributed by atoms with Gasteiger partial charge in [0.25, 0.3) is 5.56 Å². The van der Waals surface area contributed by atoms with Gasteiger partial charge in [-0.1, -0.05) is 0 Å². The van der Waals surface area contributed by atoms with Gasteiger partial charge in [0.05, 0.1) is 22.2 Å². The van der Waals surface area contributed by atoms with Gasteiger partial charge in [0.15, 0.2) is 0 Å². The van der Waals surface area contributed by atoms with Crippen molar-refractivity contribution in [1.82, 2.24) is 29.1 Å². The molecular formula is C14H15N9O10. The molecule has 0 saturated carbocycles. The summed E-state index contributed by atoms with van der Waals surface area (Å²) < 4.78 is 2.14. The van der Waals surface area contributed by atoms with Gasteiger partial charge >= 0.3 is 39.6 Å². The van der Waals surface area contributed by atoms with E-state index < -0.39 is 55.0 Å². The van der Waals surface area contributed by atoms with Crippen molar-refractivity contribution in [2.45, 2.75) is 0 Å². The van der Waals surface area contributed by atoms with Crippen molar-refractivity contribution < 1.29 is 9.85 Å². The van der Waals surface area contributed by atoms with Gasteiger partial charge in [-0.05, 0) is 0 Å². The van der Waals surface area contributed by atoms with Crippen molar-refractivity contribution in [2.24, 2.45) is 14.1 Å². The molecule has 0 bridgehead atoms. The summed E-state index contributed by atoms with van der Waals surface area (Å²) in [4.78, 5) is 89.5. The van der Waals surface area contributed by atoms with Gasteiger partial charge < -0.3 is 15.3 Å². The number of aryl methyl sites for hydroxylation is 2. The van der Waals surface area contributed by atoms with E-state index in [1.807, 2.05) is 9.97 Å². The van der Waals surface area contributed by atoms with E-state index >= 15 is 0 Å². The molecule has 0 aliphatic rings. The third-order valence-corrected chi connectivity index (χ3v) is 3.42. The molecule has 0 fully saturated rings. The van der Waals surface area contributed by atoms with Crippen molar-refractivity contribution >= 4 is 17.1 Å². The van der Waals surface area contributed by atoms with Crippen LogP contribution in [0, 0.1) is 20.2 Å². The summed E-state index contributed by atoms with van der Waals surface area (Å²) in [6.07, 6.45) is 2.91. The molecule has 0 aromatic carbocycles. The number of nitro groups is 2. The maximum Gasteiger partial charge on any atom is 0.350 e. The number of nitrogens with one attached hydrogen (secondary N) is 4. The quantitative estimate of drug-likeness (QED) is 0.182. The molecule has 3 rings (SSSR count). The van der Waals surface area contributed by atoms with Crippen LogP contribution < -0.4 is 39.5 Å². The Labute approximate surface area is 178 Å². The second kappa shape index (κ2) is 10.6. The molecule has 3 aromatic heterocycles. The van der Waals surface area contributed by atoms with Crippen LogP contribution in [-0.2, 0) is 14.1 Å². The maximum absolute atomic E-state index is 10.7. The van der Waals surface area contributed by atoms with Gasteiger partial charge in [-0.15, -0.1) is 0 Å². The second-order valence-corrected chi connectivity index (χ2v) is 5.81. The van der Waals surface area contributed by atoms with E-state index in [0.29, 0.717) is 0 Å². The molecule has 6 N–H and O–H groups in total. The van der Waals surface area contributed by atoms with Crippen molar-refractivity contribution in [3.63, 3.8) is 0 Å². The van der Waals surface area contributed by atoms with Gasteiger partial charge in [-0.3, -0.25) is 54.1 Å². The summed E-state index contributed by atoms with van der Waals surface area (Å²) in [5, 5.41) is 20.2. The zero-order valence-electron chi connectivity index (χ0n) is 16.7. The second-order valence-electron chi connectivity index (χ2n) is 5.81. The molecule has 0 unspecified atom stereocenters. The third kappa shape index (κ3) is 7.13. The number of aromatic amines is 4. The number of hydrogen-bond donors (Lipinski definition) is 5. The average Bonchev–Trinajstić information content (AvgIpc) is 2.70. The number of rotatable bonds is 2. The largest absolute Gasteiger partial charge is 0.393 e. The van der Waals surface area contributed by atoms with Crippen LogP contribution in [0.3, 0.4) is 0 Å². The first kappa shape index (κ1) is 25.7. The van der Waals surface area contributed by atoms with Crippen LogP contribution in [0.2, 0.25) is 0 Å². The highest BCUT2D eigenvalue weighted by Gasteiger charge is 2.12. The first-order chi connectivity index (χ1) is 15.2. The van der Waals surface area contributed by atoms with E-state index in [4.69, 9.17) is 5.73 Å². The lowest BCUT2D eigenvalue weighted by Gasteiger charge is -1.94. The average molecular weight is 469 g/mol. The molecule has 3 aromatic rings. The highest BCUT2D eigenvalue weighted by molar-refractivity contribution is 5.29. The Hall–Kier alpha value is -5.36. The monoisotopic (exact) mass is 469 g/mol. The van der Waals surface area contributed by atoms with Gasteiger partial charge in [0, 0.05) is 20.3 Å². The van der Waals surface area contributed by atoms with Crippen LogP contribution in [0.15, 0.2) is 47.4 Å². The Morgan fingerprint density at radius 3 is 1.67 bits per heavy atom. The van der Waals surface area contributed by atoms with Crippen LogP contribution in [0.5, 0.6) is 0 Å². The molecule has 176 valence electrons. The van der Waals surface area contributed by atoms with Gasteiger partial charge in [-0.2, -0.15) is 0 Å². The molecule has 19 nitrogen and oxygen atoms in total. The SMILES string of the molecule is Cn1cc(N)c(=O)[nH]c1=O.Cn1cc([N+](=O)[O-])c(=O)[nH]c1=O.O=c1[nH]cc([N+](=O)[O-])c(=O)[nH]1.